The van der Waals surface area contributed by atoms with Crippen molar-refractivity contribution in [3.63, 3.8) is 0 Å². The van der Waals surface area contributed by atoms with E-state index in [1.54, 1.807) is 7.05 Å². The van der Waals surface area contributed by atoms with Crippen LogP contribution < -0.4 is 10.1 Å². The van der Waals surface area contributed by atoms with Crippen LogP contribution in [0.5, 0.6) is 5.75 Å². The molecule has 1 heterocycles. The SMILES string of the molecule is CNC(c1ccc(F)c(OC)c1)c1cnc(C(F)(F)F)s1. The number of benzene rings is 1. The van der Waals surface area contributed by atoms with Crippen molar-refractivity contribution in [1.82, 2.24) is 10.3 Å². The lowest BCUT2D eigenvalue weighted by Gasteiger charge is -2.15. The fraction of sp³-hybridized carbons (Fsp3) is 0.308. The molecule has 1 aromatic heterocycles. The summed E-state index contributed by atoms with van der Waals surface area (Å²) in [5.41, 5.74) is 0.591. The van der Waals surface area contributed by atoms with E-state index in [1.807, 2.05) is 0 Å². The molecule has 8 heteroatoms. The third kappa shape index (κ3) is 3.33. The zero-order valence-electron chi connectivity index (χ0n) is 11.2. The molecule has 0 aliphatic rings. The fourth-order valence-corrected chi connectivity index (χ4v) is 2.80. The molecule has 0 aliphatic heterocycles. The molecule has 1 atom stereocenters. The van der Waals surface area contributed by atoms with Crippen molar-refractivity contribution in [2.75, 3.05) is 14.2 Å². The summed E-state index contributed by atoms with van der Waals surface area (Å²) >= 11 is 0.552. The Bertz CT molecular complexity index is 627. The smallest absolute Gasteiger partial charge is 0.443 e. The van der Waals surface area contributed by atoms with Gasteiger partial charge in [0.25, 0.3) is 0 Å². The Balaban J connectivity index is 2.38. The third-order valence-electron chi connectivity index (χ3n) is 2.85. The Morgan fingerprint density at radius 1 is 1.33 bits per heavy atom. The monoisotopic (exact) mass is 320 g/mol. The van der Waals surface area contributed by atoms with Gasteiger partial charge in [0.1, 0.15) is 0 Å². The summed E-state index contributed by atoms with van der Waals surface area (Å²) in [6.45, 7) is 0. The van der Waals surface area contributed by atoms with Crippen molar-refractivity contribution in [3.8, 4) is 5.75 Å². The van der Waals surface area contributed by atoms with E-state index in [2.05, 4.69) is 10.3 Å². The van der Waals surface area contributed by atoms with Crippen molar-refractivity contribution in [2.24, 2.45) is 0 Å². The first-order chi connectivity index (χ1) is 9.86. The number of methoxy groups -OCH3 is 1. The lowest BCUT2D eigenvalue weighted by Crippen LogP contribution is -2.16. The first kappa shape index (κ1) is 15.7. The second-order valence-corrected chi connectivity index (χ2v) is 5.24. The van der Waals surface area contributed by atoms with Crippen molar-refractivity contribution in [1.29, 1.82) is 0 Å². The van der Waals surface area contributed by atoms with Crippen molar-refractivity contribution < 1.29 is 22.3 Å². The molecule has 21 heavy (non-hydrogen) atoms. The molecule has 0 saturated carbocycles. The lowest BCUT2D eigenvalue weighted by molar-refractivity contribution is -0.137. The van der Waals surface area contributed by atoms with E-state index in [1.165, 1.54) is 31.5 Å². The number of ether oxygens (including phenoxy) is 1. The largest absolute Gasteiger partial charge is 0.494 e. The Kier molecular flexibility index (Phi) is 4.48. The van der Waals surface area contributed by atoms with Gasteiger partial charge in [0, 0.05) is 11.1 Å². The molecular weight excluding hydrogens is 308 g/mol. The molecule has 0 saturated heterocycles. The van der Waals surface area contributed by atoms with E-state index < -0.39 is 23.0 Å². The van der Waals surface area contributed by atoms with Gasteiger partial charge in [-0.1, -0.05) is 6.07 Å². The zero-order valence-corrected chi connectivity index (χ0v) is 12.0. The molecule has 1 N–H and O–H groups in total. The summed E-state index contributed by atoms with van der Waals surface area (Å²) in [4.78, 5) is 3.78. The molecule has 0 bridgehead atoms. The molecule has 2 aromatic rings. The highest BCUT2D eigenvalue weighted by Gasteiger charge is 2.35. The molecule has 114 valence electrons. The molecule has 1 unspecified atom stereocenters. The quantitative estimate of drug-likeness (QED) is 0.874. The van der Waals surface area contributed by atoms with Gasteiger partial charge in [-0.05, 0) is 24.7 Å². The van der Waals surface area contributed by atoms with Gasteiger partial charge in [-0.25, -0.2) is 9.37 Å². The van der Waals surface area contributed by atoms with Gasteiger partial charge in [0.05, 0.1) is 13.2 Å². The van der Waals surface area contributed by atoms with Crippen LogP contribution in [0, 0.1) is 5.82 Å². The number of nitrogens with one attached hydrogen (secondary N) is 1. The van der Waals surface area contributed by atoms with Crippen LogP contribution in [-0.4, -0.2) is 19.1 Å². The topological polar surface area (TPSA) is 34.1 Å². The van der Waals surface area contributed by atoms with E-state index in [0.717, 1.165) is 0 Å². The van der Waals surface area contributed by atoms with Crippen LogP contribution in [0.2, 0.25) is 0 Å². The molecule has 3 nitrogen and oxygen atoms in total. The number of hydrogen-bond donors (Lipinski definition) is 1. The molecule has 0 spiro atoms. The minimum absolute atomic E-state index is 0.0355. The fourth-order valence-electron chi connectivity index (χ4n) is 1.88. The lowest BCUT2D eigenvalue weighted by atomic mass is 10.1. The molecule has 1 aromatic carbocycles. The minimum Gasteiger partial charge on any atom is -0.494 e. The van der Waals surface area contributed by atoms with Gasteiger partial charge >= 0.3 is 6.18 Å². The van der Waals surface area contributed by atoms with Gasteiger partial charge in [0.15, 0.2) is 16.6 Å². The van der Waals surface area contributed by atoms with Crippen LogP contribution in [0.3, 0.4) is 0 Å². The van der Waals surface area contributed by atoms with Crippen LogP contribution in [0.15, 0.2) is 24.4 Å². The number of rotatable bonds is 4. The molecule has 0 radical (unpaired) electrons. The van der Waals surface area contributed by atoms with Crippen LogP contribution in [0.25, 0.3) is 0 Å². The highest BCUT2D eigenvalue weighted by atomic mass is 32.1. The van der Waals surface area contributed by atoms with Gasteiger partial charge in [-0.3, -0.25) is 0 Å². The normalized spacial score (nSPS) is 13.2. The molecule has 0 fully saturated rings. The summed E-state index contributed by atoms with van der Waals surface area (Å²) in [6, 6.07) is 3.63. The van der Waals surface area contributed by atoms with Crippen molar-refractivity contribution in [2.45, 2.75) is 12.2 Å². The first-order valence-electron chi connectivity index (χ1n) is 5.90. The summed E-state index contributed by atoms with van der Waals surface area (Å²) in [5, 5.41) is 1.98. The number of thiazole rings is 1. The number of aromatic nitrogens is 1. The Morgan fingerprint density at radius 2 is 2.05 bits per heavy atom. The highest BCUT2D eigenvalue weighted by Crippen LogP contribution is 2.36. The number of hydrogen-bond acceptors (Lipinski definition) is 4. The number of halogens is 4. The summed E-state index contributed by atoms with van der Waals surface area (Å²) < 4.78 is 56.1. The summed E-state index contributed by atoms with van der Waals surface area (Å²) in [5.74, 6) is -0.496. The van der Waals surface area contributed by atoms with Crippen LogP contribution in [0.4, 0.5) is 17.6 Å². The zero-order chi connectivity index (χ0) is 15.6. The van der Waals surface area contributed by atoms with E-state index in [4.69, 9.17) is 4.74 Å². The maximum atomic E-state index is 13.4. The number of nitrogens with zero attached hydrogens (tertiary/aromatic N) is 1. The predicted octanol–water partition coefficient (Wildman–Crippen LogP) is 3.62. The average Bonchev–Trinajstić information content (AvgIpc) is 2.91. The molecule has 0 aliphatic carbocycles. The minimum atomic E-state index is -4.47. The maximum Gasteiger partial charge on any atom is 0.443 e. The van der Waals surface area contributed by atoms with Gasteiger partial charge in [0.2, 0.25) is 0 Å². The second kappa shape index (κ2) is 5.98. The van der Waals surface area contributed by atoms with Crippen LogP contribution in [-0.2, 0) is 6.18 Å². The maximum absolute atomic E-state index is 13.4. The van der Waals surface area contributed by atoms with Gasteiger partial charge < -0.3 is 10.1 Å². The van der Waals surface area contributed by atoms with E-state index in [9.17, 15) is 17.6 Å². The van der Waals surface area contributed by atoms with Gasteiger partial charge in [-0.2, -0.15) is 13.2 Å². The Labute approximate surface area is 122 Å². The summed E-state index contributed by atoms with van der Waals surface area (Å²) in [7, 11) is 2.93. The highest BCUT2D eigenvalue weighted by molar-refractivity contribution is 7.11. The molecular formula is C13H12F4N2OS. The van der Waals surface area contributed by atoms with E-state index in [0.29, 0.717) is 21.8 Å². The molecule has 0 amide bonds. The first-order valence-corrected chi connectivity index (χ1v) is 6.72. The van der Waals surface area contributed by atoms with Gasteiger partial charge in [-0.15, -0.1) is 11.3 Å². The average molecular weight is 320 g/mol. The third-order valence-corrected chi connectivity index (χ3v) is 3.95. The number of alkyl halides is 3. The molecule has 2 rings (SSSR count). The van der Waals surface area contributed by atoms with Crippen LogP contribution in [0.1, 0.15) is 21.5 Å². The van der Waals surface area contributed by atoms with Crippen molar-refractivity contribution in [3.05, 3.63) is 45.7 Å². The Hall–Kier alpha value is -1.67. The summed E-state index contributed by atoms with van der Waals surface area (Å²) in [6.07, 6.45) is -3.30. The predicted molar refractivity (Wildman–Crippen MR) is 71.0 cm³/mol. The van der Waals surface area contributed by atoms with Crippen LogP contribution >= 0.6 is 11.3 Å². The second-order valence-electron chi connectivity index (χ2n) is 4.18. The van der Waals surface area contributed by atoms with Crippen molar-refractivity contribution >= 4 is 11.3 Å². The Morgan fingerprint density at radius 3 is 2.57 bits per heavy atom. The standard InChI is InChI=1S/C13H12F4N2OS/c1-18-11(7-3-4-8(14)9(5-7)20-2)10-6-19-12(21-10)13(15,16)17/h3-6,11,18H,1-2H3. The van der Waals surface area contributed by atoms with E-state index >= 15 is 0 Å². The van der Waals surface area contributed by atoms with E-state index in [-0.39, 0.29) is 5.75 Å².